The molecule has 2 nitrogen and oxygen atoms in total. The lowest BCUT2D eigenvalue weighted by atomic mass is 10.1. The summed E-state index contributed by atoms with van der Waals surface area (Å²) in [6.07, 6.45) is 1.64. The molecule has 4 heteroatoms. The van der Waals surface area contributed by atoms with E-state index in [1.165, 1.54) is 12.1 Å². The molecule has 2 aromatic rings. The zero-order valence-corrected chi connectivity index (χ0v) is 8.75. The van der Waals surface area contributed by atoms with Gasteiger partial charge in [0.05, 0.1) is 0 Å². The van der Waals surface area contributed by atoms with Crippen LogP contribution < -0.4 is 5.73 Å². The molecule has 0 spiro atoms. The Morgan fingerprint density at radius 1 is 1.31 bits per heavy atom. The lowest BCUT2D eigenvalue weighted by Gasteiger charge is -2.02. The van der Waals surface area contributed by atoms with Gasteiger partial charge in [-0.05, 0) is 40.8 Å². The maximum absolute atomic E-state index is 12.9. The molecule has 0 aliphatic carbocycles. The maximum atomic E-state index is 12.9. The van der Waals surface area contributed by atoms with Crippen LogP contribution in [0.25, 0.3) is 10.8 Å². The van der Waals surface area contributed by atoms with Crippen LogP contribution in [0.1, 0.15) is 0 Å². The number of hydrogen-bond acceptors (Lipinski definition) is 2. The third kappa shape index (κ3) is 1.46. The highest BCUT2D eigenvalue weighted by Gasteiger charge is 2.03. The summed E-state index contributed by atoms with van der Waals surface area (Å²) in [7, 11) is 0. The molecule has 13 heavy (non-hydrogen) atoms. The molecule has 0 fully saturated rings. The molecule has 0 bridgehead atoms. The van der Waals surface area contributed by atoms with E-state index in [-0.39, 0.29) is 5.82 Å². The van der Waals surface area contributed by atoms with Crippen LogP contribution in [0.4, 0.5) is 10.2 Å². The summed E-state index contributed by atoms with van der Waals surface area (Å²) >= 11 is 2.11. The highest BCUT2D eigenvalue weighted by molar-refractivity contribution is 14.1. The average Bonchev–Trinajstić information content (AvgIpc) is 2.12. The van der Waals surface area contributed by atoms with Gasteiger partial charge in [-0.2, -0.15) is 0 Å². The summed E-state index contributed by atoms with van der Waals surface area (Å²) < 4.78 is 13.8. The molecule has 1 heterocycles. The Bertz CT molecular complexity index is 470. The summed E-state index contributed by atoms with van der Waals surface area (Å²) in [6, 6.07) is 4.50. The van der Waals surface area contributed by atoms with Gasteiger partial charge in [0.2, 0.25) is 0 Å². The number of aromatic nitrogens is 1. The largest absolute Gasteiger partial charge is 0.383 e. The lowest BCUT2D eigenvalue weighted by molar-refractivity contribution is 0.629. The van der Waals surface area contributed by atoms with Crippen molar-refractivity contribution in [2.75, 3.05) is 5.73 Å². The fourth-order valence-corrected chi connectivity index (χ4v) is 1.79. The Morgan fingerprint density at radius 3 is 2.85 bits per heavy atom. The van der Waals surface area contributed by atoms with Gasteiger partial charge < -0.3 is 5.73 Å². The number of fused-ring (bicyclic) bond motifs is 1. The van der Waals surface area contributed by atoms with Crippen LogP contribution in [-0.4, -0.2) is 4.98 Å². The Kier molecular flexibility index (Phi) is 2.07. The van der Waals surface area contributed by atoms with Gasteiger partial charge in [-0.3, -0.25) is 0 Å². The van der Waals surface area contributed by atoms with Crippen molar-refractivity contribution < 1.29 is 4.39 Å². The third-order valence-electron chi connectivity index (χ3n) is 1.83. The summed E-state index contributed by atoms with van der Waals surface area (Å²) in [5.41, 5.74) is 5.64. The second-order valence-electron chi connectivity index (χ2n) is 2.68. The molecular weight excluding hydrogens is 282 g/mol. The monoisotopic (exact) mass is 288 g/mol. The predicted octanol–water partition coefficient (Wildman–Crippen LogP) is 2.56. The predicted molar refractivity (Wildman–Crippen MR) is 58.8 cm³/mol. The maximum Gasteiger partial charge on any atom is 0.131 e. The normalized spacial score (nSPS) is 10.6. The van der Waals surface area contributed by atoms with Crippen LogP contribution in [0.5, 0.6) is 0 Å². The molecule has 0 aliphatic heterocycles. The summed E-state index contributed by atoms with van der Waals surface area (Å²) in [5.74, 6) is 0.187. The Hall–Kier alpha value is -0.910. The van der Waals surface area contributed by atoms with E-state index < -0.39 is 0 Å². The number of pyridine rings is 1. The van der Waals surface area contributed by atoms with Gasteiger partial charge in [-0.1, -0.05) is 0 Å². The van der Waals surface area contributed by atoms with Crippen LogP contribution in [-0.2, 0) is 0 Å². The van der Waals surface area contributed by atoms with Crippen LogP contribution in [0.3, 0.4) is 0 Å². The van der Waals surface area contributed by atoms with E-state index in [1.54, 1.807) is 12.3 Å². The Balaban J connectivity index is 2.92. The smallest absolute Gasteiger partial charge is 0.131 e. The molecule has 0 saturated heterocycles. The number of anilines is 1. The molecule has 1 aromatic carbocycles. The van der Waals surface area contributed by atoms with Gasteiger partial charge in [-0.25, -0.2) is 9.37 Å². The van der Waals surface area contributed by atoms with Crippen molar-refractivity contribution in [1.29, 1.82) is 0 Å². The average molecular weight is 288 g/mol. The van der Waals surface area contributed by atoms with E-state index in [9.17, 15) is 4.39 Å². The van der Waals surface area contributed by atoms with Crippen molar-refractivity contribution in [2.24, 2.45) is 0 Å². The van der Waals surface area contributed by atoms with Crippen molar-refractivity contribution in [3.63, 3.8) is 0 Å². The van der Waals surface area contributed by atoms with Crippen molar-refractivity contribution in [1.82, 2.24) is 4.98 Å². The summed E-state index contributed by atoms with van der Waals surface area (Å²) in [4.78, 5) is 3.98. The minimum absolute atomic E-state index is 0.254. The van der Waals surface area contributed by atoms with Gasteiger partial charge in [0, 0.05) is 20.5 Å². The van der Waals surface area contributed by atoms with Gasteiger partial charge in [0.1, 0.15) is 11.6 Å². The Morgan fingerprint density at radius 2 is 2.08 bits per heavy atom. The Labute approximate surface area is 88.1 Å². The number of halogens is 2. The van der Waals surface area contributed by atoms with Crippen molar-refractivity contribution in [3.05, 3.63) is 33.8 Å². The highest BCUT2D eigenvalue weighted by Crippen LogP contribution is 2.24. The van der Waals surface area contributed by atoms with E-state index >= 15 is 0 Å². The molecule has 2 rings (SSSR count). The first-order chi connectivity index (χ1) is 6.18. The lowest BCUT2D eigenvalue weighted by Crippen LogP contribution is -1.93. The topological polar surface area (TPSA) is 38.9 Å². The first-order valence-electron chi connectivity index (χ1n) is 3.68. The molecule has 0 atom stereocenters. The van der Waals surface area contributed by atoms with Crippen molar-refractivity contribution >= 4 is 39.2 Å². The van der Waals surface area contributed by atoms with E-state index in [0.29, 0.717) is 5.82 Å². The number of nitrogen functional groups attached to an aromatic ring is 1. The molecule has 0 radical (unpaired) electrons. The van der Waals surface area contributed by atoms with Crippen LogP contribution in [0.2, 0.25) is 0 Å². The summed E-state index contributed by atoms with van der Waals surface area (Å²) in [6.45, 7) is 0. The number of benzene rings is 1. The van der Waals surface area contributed by atoms with E-state index in [2.05, 4.69) is 27.6 Å². The quantitative estimate of drug-likeness (QED) is 0.757. The second-order valence-corrected chi connectivity index (χ2v) is 3.84. The van der Waals surface area contributed by atoms with E-state index in [0.717, 1.165) is 14.3 Å². The van der Waals surface area contributed by atoms with Gasteiger partial charge in [-0.15, -0.1) is 0 Å². The van der Waals surface area contributed by atoms with E-state index in [4.69, 9.17) is 5.73 Å². The molecule has 66 valence electrons. The molecular formula is C9H6FIN2. The fraction of sp³-hybridized carbons (Fsp3) is 0. The SMILES string of the molecule is Nc1ncc(I)c2cc(F)ccc12. The zero-order chi connectivity index (χ0) is 9.42. The van der Waals surface area contributed by atoms with Crippen LogP contribution in [0.15, 0.2) is 24.4 Å². The minimum atomic E-state index is -0.254. The number of rotatable bonds is 0. The summed E-state index contributed by atoms with van der Waals surface area (Å²) in [5, 5.41) is 1.61. The number of nitrogens with two attached hydrogens (primary N) is 1. The zero-order valence-electron chi connectivity index (χ0n) is 6.59. The minimum Gasteiger partial charge on any atom is -0.383 e. The van der Waals surface area contributed by atoms with Gasteiger partial charge in [0.15, 0.2) is 0 Å². The molecule has 0 amide bonds. The molecule has 0 unspecified atom stereocenters. The van der Waals surface area contributed by atoms with Crippen LogP contribution >= 0.6 is 22.6 Å². The highest BCUT2D eigenvalue weighted by atomic mass is 127. The standard InChI is InChI=1S/C9H6FIN2/c10-5-1-2-6-7(3-5)8(11)4-13-9(6)12/h1-4H,(H2,12,13). The molecule has 1 aromatic heterocycles. The first-order valence-corrected chi connectivity index (χ1v) is 4.75. The first kappa shape index (κ1) is 8.68. The molecule has 0 aliphatic rings. The third-order valence-corrected chi connectivity index (χ3v) is 2.69. The molecule has 0 saturated carbocycles. The second kappa shape index (κ2) is 3.10. The number of nitrogens with zero attached hydrogens (tertiary/aromatic N) is 1. The van der Waals surface area contributed by atoms with Crippen LogP contribution in [0, 0.1) is 9.39 Å². The van der Waals surface area contributed by atoms with E-state index in [1.807, 2.05) is 0 Å². The van der Waals surface area contributed by atoms with Crippen molar-refractivity contribution in [2.45, 2.75) is 0 Å². The number of hydrogen-bond donors (Lipinski definition) is 1. The molecule has 2 N–H and O–H groups in total. The van der Waals surface area contributed by atoms with Gasteiger partial charge in [0.25, 0.3) is 0 Å². The fourth-order valence-electron chi connectivity index (χ4n) is 1.20. The van der Waals surface area contributed by atoms with Crippen molar-refractivity contribution in [3.8, 4) is 0 Å². The van der Waals surface area contributed by atoms with Gasteiger partial charge >= 0.3 is 0 Å².